The molecule has 6 N–H and O–H groups in total. The summed E-state index contributed by atoms with van der Waals surface area (Å²) in [6.07, 6.45) is -9.28. The van der Waals surface area contributed by atoms with Crippen LogP contribution in [0.25, 0.3) is 0 Å². The van der Waals surface area contributed by atoms with E-state index in [1.54, 1.807) is 0 Å². The molecule has 0 heterocycles. The van der Waals surface area contributed by atoms with Crippen LogP contribution in [0.5, 0.6) is 0 Å². The van der Waals surface area contributed by atoms with Gasteiger partial charge in [0.15, 0.2) is 12.2 Å². The van der Waals surface area contributed by atoms with Crippen LogP contribution in [-0.2, 0) is 26.7 Å². The zero-order chi connectivity index (χ0) is 11.5. The van der Waals surface area contributed by atoms with Gasteiger partial charge in [-0.2, -0.15) is 0 Å². The number of aliphatic hydroxyl groups is 4. The van der Waals surface area contributed by atoms with Crippen LogP contribution in [0.15, 0.2) is 0 Å². The molecule has 4 atom stereocenters. The molecule has 0 saturated carbocycles. The molecule has 0 aromatic rings. The summed E-state index contributed by atoms with van der Waals surface area (Å²) in [4.78, 5) is 20.2. The van der Waals surface area contributed by atoms with Crippen LogP contribution in [-0.4, -0.2) is 67.0 Å². The normalized spacial score (nSPS) is 18.1. The third-order valence-corrected chi connectivity index (χ3v) is 1.50. The summed E-state index contributed by atoms with van der Waals surface area (Å²) >= 11 is 0. The van der Waals surface area contributed by atoms with Crippen LogP contribution in [0.3, 0.4) is 0 Å². The van der Waals surface area contributed by atoms with Crippen LogP contribution in [0.4, 0.5) is 0 Å². The van der Waals surface area contributed by atoms with Gasteiger partial charge in [-0.05, 0) is 0 Å². The largest absolute Gasteiger partial charge is 0.479 e. The zero-order valence-corrected chi connectivity index (χ0v) is 8.27. The molecule has 0 fully saturated rings. The fourth-order valence-electron chi connectivity index (χ4n) is 0.666. The maximum absolute atomic E-state index is 10.1. The Hall–Kier alpha value is -0.701. The second-order valence-electron chi connectivity index (χ2n) is 2.55. The molecule has 0 aliphatic rings. The maximum Gasteiger partial charge on any atom is 0.335 e. The Labute approximate surface area is 94.2 Å². The summed E-state index contributed by atoms with van der Waals surface area (Å²) in [5, 5.41) is 51.5. The van der Waals surface area contributed by atoms with E-state index < -0.39 is 36.4 Å². The molecule has 15 heavy (non-hydrogen) atoms. The standard InChI is InChI=1S/C6H10O8.Fe/c7-1(3(9)5(11)12)2(8)4(10)6(13)14;/h1-4,7-10H,(H,11,12)(H,13,14);/t1-,2+,3-,4-;/m1./s1. The van der Waals surface area contributed by atoms with Gasteiger partial charge in [-0.25, -0.2) is 9.59 Å². The number of carbonyl (C=O) groups is 2. The molecule has 0 spiro atoms. The fourth-order valence-corrected chi connectivity index (χ4v) is 0.666. The van der Waals surface area contributed by atoms with Crippen molar-refractivity contribution >= 4 is 11.9 Å². The molecular weight excluding hydrogens is 256 g/mol. The van der Waals surface area contributed by atoms with E-state index in [4.69, 9.17) is 30.6 Å². The molecule has 0 aliphatic carbocycles. The van der Waals surface area contributed by atoms with Crippen molar-refractivity contribution in [2.75, 3.05) is 0 Å². The summed E-state index contributed by atoms with van der Waals surface area (Å²) in [7, 11) is 0. The summed E-state index contributed by atoms with van der Waals surface area (Å²) in [6.45, 7) is 0. The Balaban J connectivity index is 0. The van der Waals surface area contributed by atoms with Gasteiger partial charge in [-0.15, -0.1) is 0 Å². The molecule has 0 rings (SSSR count). The van der Waals surface area contributed by atoms with Crippen LogP contribution in [0.1, 0.15) is 0 Å². The number of aliphatic carboxylic acids is 2. The molecule has 0 aromatic heterocycles. The van der Waals surface area contributed by atoms with E-state index in [0.29, 0.717) is 0 Å². The Morgan fingerprint density at radius 1 is 0.733 bits per heavy atom. The Morgan fingerprint density at radius 3 is 1.07 bits per heavy atom. The minimum Gasteiger partial charge on any atom is -0.479 e. The van der Waals surface area contributed by atoms with Crippen molar-refractivity contribution in [3.8, 4) is 0 Å². The number of rotatable bonds is 5. The molecule has 0 saturated heterocycles. The molecule has 90 valence electrons. The van der Waals surface area contributed by atoms with Crippen LogP contribution >= 0.6 is 0 Å². The third-order valence-electron chi connectivity index (χ3n) is 1.50. The van der Waals surface area contributed by atoms with Crippen LogP contribution < -0.4 is 0 Å². The van der Waals surface area contributed by atoms with Gasteiger partial charge in [0, 0.05) is 17.1 Å². The van der Waals surface area contributed by atoms with E-state index in [1.165, 1.54) is 0 Å². The molecule has 0 unspecified atom stereocenters. The third kappa shape index (κ3) is 4.56. The molecular formula is C6H10FeO8. The molecule has 0 bridgehead atoms. The average Bonchev–Trinajstić information content (AvgIpc) is 2.12. The smallest absolute Gasteiger partial charge is 0.335 e. The first-order valence-electron chi connectivity index (χ1n) is 3.47. The van der Waals surface area contributed by atoms with Crippen molar-refractivity contribution in [1.29, 1.82) is 0 Å². The van der Waals surface area contributed by atoms with Gasteiger partial charge in [0.05, 0.1) is 0 Å². The molecule has 8 nitrogen and oxygen atoms in total. The first-order valence-corrected chi connectivity index (χ1v) is 3.47. The van der Waals surface area contributed by atoms with Crippen molar-refractivity contribution in [2.45, 2.75) is 24.4 Å². The van der Waals surface area contributed by atoms with Crippen molar-refractivity contribution in [3.63, 3.8) is 0 Å². The van der Waals surface area contributed by atoms with E-state index >= 15 is 0 Å². The SMILES string of the molecule is O=C(O)[C@H](O)[C@H](O)[C@H](O)[C@@H](O)C(=O)O.[Fe]. The average molecular weight is 266 g/mol. The van der Waals surface area contributed by atoms with E-state index in [0.717, 1.165) is 0 Å². The van der Waals surface area contributed by atoms with Gasteiger partial charge < -0.3 is 30.6 Å². The van der Waals surface area contributed by atoms with Gasteiger partial charge in [0.25, 0.3) is 0 Å². The summed E-state index contributed by atoms with van der Waals surface area (Å²) in [5.41, 5.74) is 0. The molecule has 0 amide bonds. The number of hydrogen-bond acceptors (Lipinski definition) is 6. The predicted molar refractivity (Wildman–Crippen MR) is 39.3 cm³/mol. The summed E-state index contributed by atoms with van der Waals surface area (Å²) < 4.78 is 0. The first-order chi connectivity index (χ1) is 6.29. The predicted octanol–water partition coefficient (Wildman–Crippen LogP) is -3.40. The second kappa shape index (κ2) is 6.72. The minimum absolute atomic E-state index is 0. The number of hydrogen-bond donors (Lipinski definition) is 6. The van der Waals surface area contributed by atoms with Crippen molar-refractivity contribution in [1.82, 2.24) is 0 Å². The van der Waals surface area contributed by atoms with Crippen molar-refractivity contribution in [3.05, 3.63) is 0 Å². The number of aliphatic hydroxyl groups excluding tert-OH is 4. The van der Waals surface area contributed by atoms with Gasteiger partial charge in [0.2, 0.25) is 0 Å². The van der Waals surface area contributed by atoms with E-state index in [9.17, 15) is 9.59 Å². The van der Waals surface area contributed by atoms with Gasteiger partial charge in [-0.1, -0.05) is 0 Å². The topological polar surface area (TPSA) is 156 Å². The molecule has 9 heteroatoms. The van der Waals surface area contributed by atoms with Gasteiger partial charge in [-0.3, -0.25) is 0 Å². The van der Waals surface area contributed by atoms with Crippen LogP contribution in [0.2, 0.25) is 0 Å². The first kappa shape index (κ1) is 16.7. The second-order valence-corrected chi connectivity index (χ2v) is 2.55. The fraction of sp³-hybridized carbons (Fsp3) is 0.667. The Bertz CT molecular complexity index is 207. The molecule has 0 aliphatic heterocycles. The maximum atomic E-state index is 10.1. The van der Waals surface area contributed by atoms with Gasteiger partial charge in [0.1, 0.15) is 12.2 Å². The van der Waals surface area contributed by atoms with Crippen molar-refractivity contribution < 1.29 is 57.3 Å². The van der Waals surface area contributed by atoms with E-state index in [1.807, 2.05) is 0 Å². The number of carboxylic acids is 2. The number of carboxylic acid groups (broad SMARTS) is 2. The van der Waals surface area contributed by atoms with Crippen molar-refractivity contribution in [2.24, 2.45) is 0 Å². The Kier molecular flexibility index (Phi) is 7.49. The van der Waals surface area contributed by atoms with E-state index in [2.05, 4.69) is 0 Å². The minimum atomic E-state index is -2.36. The zero-order valence-electron chi connectivity index (χ0n) is 7.16. The monoisotopic (exact) mass is 266 g/mol. The quantitative estimate of drug-likeness (QED) is 0.281. The Morgan fingerprint density at radius 2 is 0.933 bits per heavy atom. The molecule has 0 aromatic carbocycles. The summed E-state index contributed by atoms with van der Waals surface area (Å²) in [6, 6.07) is 0. The molecule has 0 radical (unpaired) electrons. The summed E-state index contributed by atoms with van der Waals surface area (Å²) in [5.74, 6) is -3.68. The van der Waals surface area contributed by atoms with Crippen LogP contribution in [0, 0.1) is 0 Å². The van der Waals surface area contributed by atoms with Gasteiger partial charge >= 0.3 is 11.9 Å². The van der Waals surface area contributed by atoms with E-state index in [-0.39, 0.29) is 17.1 Å².